The summed E-state index contributed by atoms with van der Waals surface area (Å²) in [5.74, 6) is 2.49. The van der Waals surface area contributed by atoms with Gasteiger partial charge in [0.15, 0.2) is 0 Å². The molecule has 0 bridgehead atoms. The first kappa shape index (κ1) is 11.4. The minimum atomic E-state index is 0.466. The molecule has 0 spiro atoms. The van der Waals surface area contributed by atoms with Gasteiger partial charge in [-0.1, -0.05) is 13.8 Å². The molecule has 0 saturated carbocycles. The van der Waals surface area contributed by atoms with Crippen LogP contribution in [0.15, 0.2) is 0 Å². The van der Waals surface area contributed by atoms with Crippen molar-refractivity contribution in [1.29, 1.82) is 0 Å². The Morgan fingerprint density at radius 2 is 1.94 bits per heavy atom. The van der Waals surface area contributed by atoms with Gasteiger partial charge in [-0.15, -0.1) is 10.2 Å². The number of aromatic nitrogens is 3. The zero-order chi connectivity index (χ0) is 11.5. The Kier molecular flexibility index (Phi) is 3.43. The molecule has 16 heavy (non-hydrogen) atoms. The first-order valence-corrected chi connectivity index (χ1v) is 6.09. The minimum Gasteiger partial charge on any atom is -0.341 e. The van der Waals surface area contributed by atoms with Crippen molar-refractivity contribution in [1.82, 2.24) is 14.8 Å². The van der Waals surface area contributed by atoms with Crippen molar-refractivity contribution in [3.8, 4) is 0 Å². The average Bonchev–Trinajstić information content (AvgIpc) is 2.84. The normalized spacial score (nSPS) is 16.4. The Morgan fingerprint density at radius 1 is 1.25 bits per heavy atom. The van der Waals surface area contributed by atoms with Crippen LogP contribution in [0.4, 0.5) is 5.95 Å². The van der Waals surface area contributed by atoms with Crippen LogP contribution in [0, 0.1) is 5.92 Å². The number of anilines is 1. The largest absolute Gasteiger partial charge is 0.341 e. The second-order valence-electron chi connectivity index (χ2n) is 4.82. The van der Waals surface area contributed by atoms with E-state index in [9.17, 15) is 0 Å². The van der Waals surface area contributed by atoms with Crippen LogP contribution in [-0.2, 0) is 13.1 Å². The average molecular weight is 223 g/mol. The van der Waals surface area contributed by atoms with Gasteiger partial charge in [0.2, 0.25) is 5.95 Å². The predicted molar refractivity (Wildman–Crippen MR) is 64.2 cm³/mol. The highest BCUT2D eigenvalue weighted by molar-refractivity contribution is 5.32. The lowest BCUT2D eigenvalue weighted by atomic mass is 10.2. The van der Waals surface area contributed by atoms with E-state index in [1.54, 1.807) is 0 Å². The zero-order valence-corrected chi connectivity index (χ0v) is 10.2. The van der Waals surface area contributed by atoms with Crippen molar-refractivity contribution >= 4 is 5.95 Å². The highest BCUT2D eigenvalue weighted by Gasteiger charge is 2.20. The van der Waals surface area contributed by atoms with E-state index in [2.05, 4.69) is 33.5 Å². The fourth-order valence-corrected chi connectivity index (χ4v) is 2.18. The van der Waals surface area contributed by atoms with Crippen LogP contribution in [0.25, 0.3) is 0 Å². The van der Waals surface area contributed by atoms with Gasteiger partial charge in [0.1, 0.15) is 5.82 Å². The lowest BCUT2D eigenvalue weighted by molar-refractivity contribution is 0.505. The molecule has 1 aliphatic heterocycles. The molecule has 1 aliphatic rings. The number of nitrogens with zero attached hydrogens (tertiary/aromatic N) is 4. The lowest BCUT2D eigenvalue weighted by Crippen LogP contribution is -2.24. The quantitative estimate of drug-likeness (QED) is 0.827. The molecule has 1 aromatic rings. The maximum atomic E-state index is 5.70. The molecule has 1 fully saturated rings. The SMILES string of the molecule is CC(C)Cn1c(CN)nnc1N1CCCC1. The fraction of sp³-hybridized carbons (Fsp3) is 0.818. The van der Waals surface area contributed by atoms with E-state index in [4.69, 9.17) is 5.73 Å². The molecule has 0 amide bonds. The maximum absolute atomic E-state index is 5.70. The highest BCUT2D eigenvalue weighted by Crippen LogP contribution is 2.20. The van der Waals surface area contributed by atoms with E-state index in [-0.39, 0.29) is 0 Å². The van der Waals surface area contributed by atoms with E-state index < -0.39 is 0 Å². The molecule has 5 nitrogen and oxygen atoms in total. The van der Waals surface area contributed by atoms with E-state index >= 15 is 0 Å². The van der Waals surface area contributed by atoms with Crippen molar-refractivity contribution in [2.24, 2.45) is 11.7 Å². The van der Waals surface area contributed by atoms with Crippen molar-refractivity contribution in [3.05, 3.63) is 5.82 Å². The molecule has 2 rings (SSSR count). The molecule has 0 aliphatic carbocycles. The van der Waals surface area contributed by atoms with Gasteiger partial charge in [0.05, 0.1) is 6.54 Å². The summed E-state index contributed by atoms with van der Waals surface area (Å²) in [6.45, 7) is 8.02. The first-order valence-electron chi connectivity index (χ1n) is 6.09. The van der Waals surface area contributed by atoms with Crippen LogP contribution in [0.1, 0.15) is 32.5 Å². The monoisotopic (exact) mass is 223 g/mol. The second kappa shape index (κ2) is 4.82. The highest BCUT2D eigenvalue weighted by atomic mass is 15.4. The molecule has 0 aromatic carbocycles. The van der Waals surface area contributed by atoms with Crippen LogP contribution in [-0.4, -0.2) is 27.9 Å². The summed E-state index contributed by atoms with van der Waals surface area (Å²) in [6, 6.07) is 0. The van der Waals surface area contributed by atoms with Gasteiger partial charge in [-0.3, -0.25) is 4.57 Å². The number of rotatable bonds is 4. The molecule has 1 saturated heterocycles. The molecular formula is C11H21N5. The van der Waals surface area contributed by atoms with E-state index in [1.165, 1.54) is 12.8 Å². The molecule has 0 atom stereocenters. The maximum Gasteiger partial charge on any atom is 0.227 e. The third kappa shape index (κ3) is 2.19. The Bertz CT molecular complexity index is 338. The molecule has 0 radical (unpaired) electrons. The van der Waals surface area contributed by atoms with Gasteiger partial charge in [-0.05, 0) is 18.8 Å². The molecule has 0 unspecified atom stereocenters. The summed E-state index contributed by atoms with van der Waals surface area (Å²) in [5, 5.41) is 8.46. The van der Waals surface area contributed by atoms with Gasteiger partial charge in [0, 0.05) is 19.6 Å². The summed E-state index contributed by atoms with van der Waals surface area (Å²) in [5.41, 5.74) is 5.70. The number of hydrogen-bond acceptors (Lipinski definition) is 4. The van der Waals surface area contributed by atoms with Crippen molar-refractivity contribution in [2.45, 2.75) is 39.8 Å². The number of hydrogen-bond donors (Lipinski definition) is 1. The van der Waals surface area contributed by atoms with E-state index in [1.807, 2.05) is 0 Å². The summed E-state index contributed by atoms with van der Waals surface area (Å²) in [6.07, 6.45) is 2.51. The molecule has 5 heteroatoms. The Hall–Kier alpha value is -1.10. The van der Waals surface area contributed by atoms with Crippen molar-refractivity contribution < 1.29 is 0 Å². The molecule has 1 aromatic heterocycles. The van der Waals surface area contributed by atoms with E-state index in [0.29, 0.717) is 12.5 Å². The summed E-state index contributed by atoms with van der Waals surface area (Å²) >= 11 is 0. The van der Waals surface area contributed by atoms with Crippen molar-refractivity contribution in [2.75, 3.05) is 18.0 Å². The molecular weight excluding hydrogens is 202 g/mol. The van der Waals surface area contributed by atoms with Gasteiger partial charge in [0.25, 0.3) is 0 Å². The second-order valence-corrected chi connectivity index (χ2v) is 4.82. The third-order valence-electron chi connectivity index (χ3n) is 2.93. The minimum absolute atomic E-state index is 0.466. The number of nitrogens with two attached hydrogens (primary N) is 1. The molecule has 2 N–H and O–H groups in total. The topological polar surface area (TPSA) is 60.0 Å². The Morgan fingerprint density at radius 3 is 2.50 bits per heavy atom. The van der Waals surface area contributed by atoms with Gasteiger partial charge in [-0.25, -0.2) is 0 Å². The van der Waals surface area contributed by atoms with Crippen LogP contribution in [0.5, 0.6) is 0 Å². The van der Waals surface area contributed by atoms with Crippen LogP contribution >= 0.6 is 0 Å². The summed E-state index contributed by atoms with van der Waals surface area (Å²) in [7, 11) is 0. The van der Waals surface area contributed by atoms with Gasteiger partial charge >= 0.3 is 0 Å². The molecule has 90 valence electrons. The van der Waals surface area contributed by atoms with Crippen molar-refractivity contribution in [3.63, 3.8) is 0 Å². The van der Waals surface area contributed by atoms with Gasteiger partial charge < -0.3 is 10.6 Å². The third-order valence-corrected chi connectivity index (χ3v) is 2.93. The zero-order valence-electron chi connectivity index (χ0n) is 10.2. The van der Waals surface area contributed by atoms with E-state index in [0.717, 1.165) is 31.4 Å². The standard InChI is InChI=1S/C11H21N5/c1-9(2)8-16-10(7-12)13-14-11(16)15-5-3-4-6-15/h9H,3-8,12H2,1-2H3. The van der Waals surface area contributed by atoms with Gasteiger partial charge in [-0.2, -0.15) is 0 Å². The Balaban J connectivity index is 2.25. The fourth-order valence-electron chi connectivity index (χ4n) is 2.18. The van der Waals surface area contributed by atoms with Crippen LogP contribution < -0.4 is 10.6 Å². The molecule has 2 heterocycles. The first-order chi connectivity index (χ1) is 7.72. The smallest absolute Gasteiger partial charge is 0.227 e. The Labute approximate surface area is 96.6 Å². The summed E-state index contributed by atoms with van der Waals surface area (Å²) in [4.78, 5) is 2.31. The lowest BCUT2D eigenvalue weighted by Gasteiger charge is -2.19. The van der Waals surface area contributed by atoms with Crippen LogP contribution in [0.3, 0.4) is 0 Å². The summed E-state index contributed by atoms with van der Waals surface area (Å²) < 4.78 is 2.18. The predicted octanol–water partition coefficient (Wildman–Crippen LogP) is 0.993. The van der Waals surface area contributed by atoms with Crippen LogP contribution in [0.2, 0.25) is 0 Å².